The molecule has 5 heteroatoms. The highest BCUT2D eigenvalue weighted by atomic mass is 127. The van der Waals surface area contributed by atoms with Crippen molar-refractivity contribution in [1.29, 1.82) is 0 Å². The van der Waals surface area contributed by atoms with Crippen molar-refractivity contribution in [2.45, 2.75) is 45.6 Å². The first-order chi connectivity index (χ1) is 8.52. The van der Waals surface area contributed by atoms with E-state index in [0.717, 1.165) is 6.54 Å². The molecule has 1 heterocycles. The van der Waals surface area contributed by atoms with Gasteiger partial charge in [-0.05, 0) is 31.8 Å². The molecule has 19 heavy (non-hydrogen) atoms. The van der Waals surface area contributed by atoms with E-state index >= 15 is 0 Å². The summed E-state index contributed by atoms with van der Waals surface area (Å²) in [5, 5.41) is 0. The molecular formula is C14H31IN4. The smallest absolute Gasteiger partial charge is 0.190 e. The predicted molar refractivity (Wildman–Crippen MR) is 94.3 cm³/mol. The lowest BCUT2D eigenvalue weighted by molar-refractivity contribution is 0.166. The van der Waals surface area contributed by atoms with Gasteiger partial charge < -0.3 is 10.6 Å². The normalized spacial score (nSPS) is 19.7. The highest BCUT2D eigenvalue weighted by Crippen LogP contribution is 2.17. The zero-order chi connectivity index (χ0) is 13.5. The quantitative estimate of drug-likeness (QED) is 0.461. The van der Waals surface area contributed by atoms with Crippen molar-refractivity contribution >= 4 is 29.9 Å². The second-order valence-corrected chi connectivity index (χ2v) is 5.85. The number of hydrogen-bond donors (Lipinski definition) is 1. The first kappa shape index (κ1) is 19.0. The molecule has 114 valence electrons. The topological polar surface area (TPSA) is 44.9 Å². The fourth-order valence-corrected chi connectivity index (χ4v) is 2.50. The number of aliphatic imine (C=N–C) groups is 1. The monoisotopic (exact) mass is 382 g/mol. The van der Waals surface area contributed by atoms with Crippen molar-refractivity contribution in [3.8, 4) is 0 Å². The Morgan fingerprint density at radius 3 is 2.11 bits per heavy atom. The summed E-state index contributed by atoms with van der Waals surface area (Å²) in [6.45, 7) is 7.84. The van der Waals surface area contributed by atoms with Crippen molar-refractivity contribution in [2.24, 2.45) is 16.6 Å². The van der Waals surface area contributed by atoms with Crippen LogP contribution in [0, 0.1) is 5.92 Å². The highest BCUT2D eigenvalue weighted by Gasteiger charge is 2.22. The summed E-state index contributed by atoms with van der Waals surface area (Å²) in [4.78, 5) is 9.02. The summed E-state index contributed by atoms with van der Waals surface area (Å²) in [5.74, 6) is 1.26. The van der Waals surface area contributed by atoms with Gasteiger partial charge in [-0.15, -0.1) is 24.0 Å². The van der Waals surface area contributed by atoms with E-state index in [4.69, 9.17) is 5.73 Å². The highest BCUT2D eigenvalue weighted by molar-refractivity contribution is 14.0. The maximum Gasteiger partial charge on any atom is 0.190 e. The third-order valence-corrected chi connectivity index (χ3v) is 3.78. The van der Waals surface area contributed by atoms with Gasteiger partial charge in [0.25, 0.3) is 0 Å². The molecule has 0 aromatic carbocycles. The van der Waals surface area contributed by atoms with Crippen LogP contribution in [-0.2, 0) is 0 Å². The summed E-state index contributed by atoms with van der Waals surface area (Å²) < 4.78 is 0. The summed E-state index contributed by atoms with van der Waals surface area (Å²) in [7, 11) is 3.88. The summed E-state index contributed by atoms with van der Waals surface area (Å²) in [5.41, 5.74) is 5.88. The molecule has 0 saturated carbocycles. The minimum absolute atomic E-state index is 0. The first-order valence-corrected chi connectivity index (χ1v) is 7.23. The largest absolute Gasteiger partial charge is 0.370 e. The SMILES string of the molecule is CC(C)C(CN=C(N)N(C)C)N1CCCCCC1.I. The van der Waals surface area contributed by atoms with E-state index in [2.05, 4.69) is 23.7 Å². The van der Waals surface area contributed by atoms with Gasteiger partial charge in [0.1, 0.15) is 0 Å². The lowest BCUT2D eigenvalue weighted by Crippen LogP contribution is -2.42. The van der Waals surface area contributed by atoms with Gasteiger partial charge in [-0.1, -0.05) is 26.7 Å². The third kappa shape index (κ3) is 6.79. The van der Waals surface area contributed by atoms with E-state index in [-0.39, 0.29) is 24.0 Å². The maximum atomic E-state index is 5.88. The molecule has 1 aliphatic rings. The van der Waals surface area contributed by atoms with E-state index in [1.807, 2.05) is 19.0 Å². The standard InChI is InChI=1S/C14H30N4.HI/c1-12(2)13(11-16-14(15)17(3)4)18-9-7-5-6-8-10-18;/h12-13H,5-11H2,1-4H3,(H2,15,16);1H. The van der Waals surface area contributed by atoms with Crippen LogP contribution in [0.2, 0.25) is 0 Å². The molecule has 0 bridgehead atoms. The summed E-state index contributed by atoms with van der Waals surface area (Å²) >= 11 is 0. The Kier molecular flexibility index (Phi) is 9.78. The van der Waals surface area contributed by atoms with Gasteiger partial charge in [0.05, 0.1) is 6.54 Å². The lowest BCUT2D eigenvalue weighted by atomic mass is 10.0. The Bertz CT molecular complexity index is 258. The first-order valence-electron chi connectivity index (χ1n) is 7.23. The third-order valence-electron chi connectivity index (χ3n) is 3.78. The van der Waals surface area contributed by atoms with Crippen LogP contribution in [0.5, 0.6) is 0 Å². The Hall–Kier alpha value is -0.0400. The predicted octanol–water partition coefficient (Wildman–Crippen LogP) is 2.38. The van der Waals surface area contributed by atoms with Gasteiger partial charge in [-0.3, -0.25) is 9.89 Å². The average molecular weight is 382 g/mol. The van der Waals surface area contributed by atoms with E-state index in [1.54, 1.807) is 0 Å². The van der Waals surface area contributed by atoms with Crippen LogP contribution in [0.15, 0.2) is 4.99 Å². The molecule has 1 aliphatic heterocycles. The molecule has 1 rings (SSSR count). The molecular weight excluding hydrogens is 351 g/mol. The molecule has 0 radical (unpaired) electrons. The minimum Gasteiger partial charge on any atom is -0.370 e. The zero-order valence-corrected chi connectivity index (χ0v) is 15.3. The Labute approximate surface area is 135 Å². The number of guanidine groups is 1. The molecule has 0 aromatic heterocycles. The van der Waals surface area contributed by atoms with Gasteiger partial charge in [0.15, 0.2) is 5.96 Å². The lowest BCUT2D eigenvalue weighted by Gasteiger charge is -2.32. The van der Waals surface area contributed by atoms with Crippen LogP contribution in [0.1, 0.15) is 39.5 Å². The molecule has 0 spiro atoms. The molecule has 2 N–H and O–H groups in total. The fourth-order valence-electron chi connectivity index (χ4n) is 2.50. The van der Waals surface area contributed by atoms with Gasteiger partial charge in [0.2, 0.25) is 0 Å². The number of rotatable bonds is 4. The number of likely N-dealkylation sites (tertiary alicyclic amines) is 1. The van der Waals surface area contributed by atoms with Gasteiger partial charge in [-0.2, -0.15) is 0 Å². The number of nitrogens with two attached hydrogens (primary N) is 1. The van der Waals surface area contributed by atoms with E-state index in [9.17, 15) is 0 Å². The average Bonchev–Trinajstić information content (AvgIpc) is 2.57. The van der Waals surface area contributed by atoms with Crippen molar-refractivity contribution < 1.29 is 0 Å². The van der Waals surface area contributed by atoms with E-state index < -0.39 is 0 Å². The van der Waals surface area contributed by atoms with E-state index in [1.165, 1.54) is 38.8 Å². The van der Waals surface area contributed by atoms with E-state index in [0.29, 0.717) is 17.9 Å². The summed E-state index contributed by atoms with van der Waals surface area (Å²) in [6, 6.07) is 0.529. The van der Waals surface area contributed by atoms with Crippen LogP contribution in [0.25, 0.3) is 0 Å². The number of nitrogens with zero attached hydrogens (tertiary/aromatic N) is 3. The van der Waals surface area contributed by atoms with Crippen molar-refractivity contribution in [3.63, 3.8) is 0 Å². The second-order valence-electron chi connectivity index (χ2n) is 5.85. The Morgan fingerprint density at radius 2 is 1.68 bits per heavy atom. The van der Waals surface area contributed by atoms with Crippen LogP contribution < -0.4 is 5.73 Å². The van der Waals surface area contributed by atoms with Crippen LogP contribution in [-0.4, -0.2) is 55.5 Å². The Balaban J connectivity index is 0.00000324. The van der Waals surface area contributed by atoms with Gasteiger partial charge >= 0.3 is 0 Å². The zero-order valence-electron chi connectivity index (χ0n) is 12.9. The minimum atomic E-state index is 0. The molecule has 4 nitrogen and oxygen atoms in total. The molecule has 1 atom stereocenters. The van der Waals surface area contributed by atoms with Crippen molar-refractivity contribution in [1.82, 2.24) is 9.80 Å². The van der Waals surface area contributed by atoms with Crippen LogP contribution in [0.4, 0.5) is 0 Å². The maximum absolute atomic E-state index is 5.88. The Morgan fingerprint density at radius 1 is 1.16 bits per heavy atom. The molecule has 1 fully saturated rings. The van der Waals surface area contributed by atoms with Crippen LogP contribution in [0.3, 0.4) is 0 Å². The molecule has 0 aromatic rings. The second kappa shape index (κ2) is 9.80. The van der Waals surface area contributed by atoms with Crippen LogP contribution >= 0.6 is 24.0 Å². The number of halogens is 1. The molecule has 1 saturated heterocycles. The number of hydrogen-bond acceptors (Lipinski definition) is 2. The molecule has 1 unspecified atom stereocenters. The van der Waals surface area contributed by atoms with Crippen molar-refractivity contribution in [2.75, 3.05) is 33.7 Å². The molecule has 0 aliphatic carbocycles. The van der Waals surface area contributed by atoms with Crippen molar-refractivity contribution in [3.05, 3.63) is 0 Å². The summed E-state index contributed by atoms with van der Waals surface area (Å²) in [6.07, 6.45) is 5.42. The fraction of sp³-hybridized carbons (Fsp3) is 0.929. The van der Waals surface area contributed by atoms with Gasteiger partial charge in [0, 0.05) is 20.1 Å². The molecule has 0 amide bonds. The van der Waals surface area contributed by atoms with Gasteiger partial charge in [-0.25, -0.2) is 0 Å².